The highest BCUT2D eigenvalue weighted by Gasteiger charge is 2.62. The lowest BCUT2D eigenvalue weighted by Gasteiger charge is -2.29. The van der Waals surface area contributed by atoms with Crippen molar-refractivity contribution < 1.29 is 18.0 Å². The summed E-state index contributed by atoms with van der Waals surface area (Å²) in [4.78, 5) is 4.90. The molecule has 0 saturated carbocycles. The van der Waals surface area contributed by atoms with Crippen LogP contribution < -0.4 is 5.73 Å². The molecule has 0 fully saturated rings. The molecule has 3 rings (SSSR count). The zero-order chi connectivity index (χ0) is 18.9. The van der Waals surface area contributed by atoms with Crippen LogP contribution in [0, 0.1) is 0 Å². The molecule has 0 radical (unpaired) electrons. The molecule has 26 heavy (non-hydrogen) atoms. The van der Waals surface area contributed by atoms with Gasteiger partial charge in [0.15, 0.2) is 0 Å². The average molecular weight is 401 g/mol. The molecule has 8 heteroatoms. The number of oxime groups is 1. The second-order valence-corrected chi connectivity index (χ2v) is 6.71. The molecule has 3 nitrogen and oxygen atoms in total. The van der Waals surface area contributed by atoms with Crippen molar-refractivity contribution in [3.05, 3.63) is 69.7 Å². The van der Waals surface area contributed by atoms with E-state index in [0.717, 1.165) is 5.56 Å². The van der Waals surface area contributed by atoms with Crippen LogP contribution in [0.1, 0.15) is 17.5 Å². The Bertz CT molecular complexity index is 876. The minimum Gasteiger partial charge on any atom is -0.399 e. The minimum absolute atomic E-state index is 0.0866. The molecule has 1 heterocycles. The van der Waals surface area contributed by atoms with Crippen LogP contribution in [-0.4, -0.2) is 11.9 Å². The van der Waals surface area contributed by atoms with Crippen LogP contribution >= 0.6 is 23.2 Å². The zero-order valence-electron chi connectivity index (χ0n) is 13.2. The molecule has 1 aliphatic heterocycles. The van der Waals surface area contributed by atoms with E-state index in [1.807, 2.05) is 0 Å². The molecule has 136 valence electrons. The van der Waals surface area contributed by atoms with Crippen molar-refractivity contribution in [1.29, 1.82) is 0 Å². The summed E-state index contributed by atoms with van der Waals surface area (Å²) < 4.78 is 41.5. The Morgan fingerprint density at radius 3 is 2.38 bits per heavy atom. The summed E-state index contributed by atoms with van der Waals surface area (Å²) in [6, 6.07) is 10.6. The highest BCUT2D eigenvalue weighted by atomic mass is 35.5. The van der Waals surface area contributed by atoms with E-state index >= 15 is 0 Å². The fourth-order valence-electron chi connectivity index (χ4n) is 2.66. The molecule has 0 aromatic heterocycles. The van der Waals surface area contributed by atoms with Gasteiger partial charge in [-0.15, -0.1) is 0 Å². The molecule has 0 bridgehead atoms. The summed E-state index contributed by atoms with van der Waals surface area (Å²) in [5, 5.41) is 3.79. The largest absolute Gasteiger partial charge is 0.435 e. The summed E-state index contributed by atoms with van der Waals surface area (Å²) in [6.07, 6.45) is -2.12. The predicted molar refractivity (Wildman–Crippen MR) is 97.2 cm³/mol. The van der Waals surface area contributed by atoms with Gasteiger partial charge < -0.3 is 10.6 Å². The van der Waals surface area contributed by atoms with Gasteiger partial charge in [-0.3, -0.25) is 0 Å². The van der Waals surface area contributed by atoms with Gasteiger partial charge in [-0.25, -0.2) is 0 Å². The van der Waals surface area contributed by atoms with E-state index in [1.54, 1.807) is 30.3 Å². The highest BCUT2D eigenvalue weighted by Crippen LogP contribution is 2.49. The third-order valence-electron chi connectivity index (χ3n) is 3.91. The average Bonchev–Trinajstić information content (AvgIpc) is 2.98. The van der Waals surface area contributed by atoms with E-state index in [1.165, 1.54) is 24.3 Å². The van der Waals surface area contributed by atoms with Crippen LogP contribution in [0.5, 0.6) is 0 Å². The molecule has 1 unspecified atom stereocenters. The number of alkyl halides is 3. The van der Waals surface area contributed by atoms with E-state index in [9.17, 15) is 13.2 Å². The Labute approximate surface area is 157 Å². The van der Waals surface area contributed by atoms with Crippen molar-refractivity contribution in [2.45, 2.75) is 18.2 Å². The first-order chi connectivity index (χ1) is 12.2. The van der Waals surface area contributed by atoms with Crippen molar-refractivity contribution in [3.63, 3.8) is 0 Å². The minimum atomic E-state index is -4.71. The topological polar surface area (TPSA) is 47.6 Å². The Morgan fingerprint density at radius 1 is 1.08 bits per heavy atom. The first-order valence-corrected chi connectivity index (χ1v) is 8.27. The number of nitrogens with two attached hydrogens (primary N) is 1. The number of allylic oxidation sites excluding steroid dienone is 1. The molecule has 2 N–H and O–H groups in total. The fourth-order valence-corrected chi connectivity index (χ4v) is 3.18. The van der Waals surface area contributed by atoms with Gasteiger partial charge in [0.2, 0.25) is 0 Å². The number of nitrogens with zero attached hydrogens (tertiary/aromatic N) is 1. The number of hydrogen-bond donors (Lipinski definition) is 1. The van der Waals surface area contributed by atoms with Crippen molar-refractivity contribution in [2.75, 3.05) is 5.73 Å². The third kappa shape index (κ3) is 3.66. The Kier molecular flexibility index (Phi) is 4.90. The van der Waals surface area contributed by atoms with Gasteiger partial charge in [0.1, 0.15) is 0 Å². The lowest BCUT2D eigenvalue weighted by atomic mass is 9.88. The van der Waals surface area contributed by atoms with Gasteiger partial charge in [-0.1, -0.05) is 46.6 Å². The second-order valence-electron chi connectivity index (χ2n) is 5.84. The number of benzene rings is 2. The first-order valence-electron chi connectivity index (χ1n) is 7.52. The third-order valence-corrected chi connectivity index (χ3v) is 4.35. The molecule has 2 aromatic carbocycles. The van der Waals surface area contributed by atoms with E-state index in [2.05, 4.69) is 5.16 Å². The van der Waals surface area contributed by atoms with Crippen LogP contribution in [0.3, 0.4) is 0 Å². The summed E-state index contributed by atoms with van der Waals surface area (Å²) in [5.41, 5.74) is 4.29. The van der Waals surface area contributed by atoms with Gasteiger partial charge in [-0.2, -0.15) is 13.2 Å². The molecule has 2 aromatic rings. The molecule has 1 aliphatic rings. The molecule has 0 spiro atoms. The van der Waals surface area contributed by atoms with Crippen LogP contribution in [-0.2, 0) is 10.4 Å². The van der Waals surface area contributed by atoms with Gasteiger partial charge in [0.25, 0.3) is 5.60 Å². The lowest BCUT2D eigenvalue weighted by Crippen LogP contribution is -2.42. The smallest absolute Gasteiger partial charge is 0.399 e. The maximum atomic E-state index is 13.8. The van der Waals surface area contributed by atoms with Gasteiger partial charge >= 0.3 is 6.18 Å². The predicted octanol–water partition coefficient (Wildman–Crippen LogP) is 5.82. The van der Waals surface area contributed by atoms with Gasteiger partial charge in [0.05, 0.1) is 5.71 Å². The molecular formula is C18H13Cl2F3N2O. The summed E-state index contributed by atoms with van der Waals surface area (Å²) in [7, 11) is 0. The van der Waals surface area contributed by atoms with Gasteiger partial charge in [0, 0.05) is 27.7 Å². The molecular weight excluding hydrogens is 388 g/mol. The fraction of sp³-hybridized carbons (Fsp3) is 0.167. The van der Waals surface area contributed by atoms with Crippen molar-refractivity contribution in [1.82, 2.24) is 0 Å². The normalized spacial score (nSPS) is 20.3. The van der Waals surface area contributed by atoms with E-state index in [0.29, 0.717) is 5.69 Å². The summed E-state index contributed by atoms with van der Waals surface area (Å²) in [6.45, 7) is 0. The highest BCUT2D eigenvalue weighted by molar-refractivity contribution is 6.34. The number of rotatable bonds is 3. The second kappa shape index (κ2) is 6.85. The van der Waals surface area contributed by atoms with Crippen LogP contribution in [0.4, 0.5) is 18.9 Å². The molecule has 0 saturated heterocycles. The maximum absolute atomic E-state index is 13.8. The van der Waals surface area contributed by atoms with Crippen LogP contribution in [0.25, 0.3) is 6.08 Å². The number of anilines is 1. The quantitative estimate of drug-likeness (QED) is 0.659. The zero-order valence-corrected chi connectivity index (χ0v) is 14.7. The number of nitrogen functional groups attached to an aromatic ring is 1. The number of halogens is 5. The van der Waals surface area contributed by atoms with E-state index in [4.69, 9.17) is 33.8 Å². The lowest BCUT2D eigenvalue weighted by molar-refractivity contribution is -0.275. The standard InChI is InChI=1S/C18H13Cl2F3N2O/c19-13-7-12(8-14(20)9-13)17(18(21,22)23)10-16(25-26-17)5-4-11-2-1-3-15(24)6-11/h1-9H,10,24H2/b5-4+. The van der Waals surface area contributed by atoms with Crippen LogP contribution in [0.2, 0.25) is 10.0 Å². The summed E-state index contributed by atoms with van der Waals surface area (Å²) in [5.74, 6) is 0. The SMILES string of the molecule is Nc1cccc(/C=C/C2=NOC(c3cc(Cl)cc(Cl)c3)(C(F)(F)F)C2)c1. The van der Waals surface area contributed by atoms with Crippen molar-refractivity contribution >= 4 is 40.7 Å². The number of hydrogen-bond acceptors (Lipinski definition) is 3. The Balaban J connectivity index is 1.91. The first kappa shape index (κ1) is 18.6. The Hall–Kier alpha value is -2.18. The molecule has 0 amide bonds. The van der Waals surface area contributed by atoms with E-state index < -0.39 is 18.2 Å². The Morgan fingerprint density at radius 2 is 1.77 bits per heavy atom. The van der Waals surface area contributed by atoms with Crippen LogP contribution in [0.15, 0.2) is 53.7 Å². The van der Waals surface area contributed by atoms with Crippen molar-refractivity contribution in [3.8, 4) is 0 Å². The monoisotopic (exact) mass is 400 g/mol. The van der Waals surface area contributed by atoms with E-state index in [-0.39, 0.29) is 21.3 Å². The summed E-state index contributed by atoms with van der Waals surface area (Å²) >= 11 is 11.7. The van der Waals surface area contributed by atoms with Gasteiger partial charge in [-0.05, 0) is 42.0 Å². The maximum Gasteiger partial charge on any atom is 0.435 e. The van der Waals surface area contributed by atoms with Crippen molar-refractivity contribution in [2.24, 2.45) is 5.16 Å². The molecule has 1 atom stereocenters. The molecule has 0 aliphatic carbocycles.